The van der Waals surface area contributed by atoms with Crippen molar-refractivity contribution < 1.29 is 0 Å². The van der Waals surface area contributed by atoms with E-state index in [1.807, 2.05) is 11.8 Å². The number of hydrogen-bond acceptors (Lipinski definition) is 1. The van der Waals surface area contributed by atoms with E-state index in [0.29, 0.717) is 0 Å². The van der Waals surface area contributed by atoms with Gasteiger partial charge in [-0.2, -0.15) is 0 Å². The largest absolute Gasteiger partial charge is 0.0901 e. The Kier molecular flexibility index (Phi) is 6.07. The molecule has 0 heterocycles. The highest BCUT2D eigenvalue weighted by atomic mass is 32.2. The van der Waals surface area contributed by atoms with Gasteiger partial charge < -0.3 is 0 Å². The average Bonchev–Trinajstić information content (AvgIpc) is 2.81. The minimum Gasteiger partial charge on any atom is -0.0901 e. The van der Waals surface area contributed by atoms with Gasteiger partial charge in [-0.25, -0.2) is 0 Å². The summed E-state index contributed by atoms with van der Waals surface area (Å²) in [6.07, 6.45) is 0. The molecule has 0 spiro atoms. The van der Waals surface area contributed by atoms with Gasteiger partial charge in [0.15, 0.2) is 0 Å². The van der Waals surface area contributed by atoms with E-state index < -0.39 is 0 Å². The second-order valence-electron chi connectivity index (χ2n) is 9.13. The van der Waals surface area contributed by atoms with E-state index in [0.717, 1.165) is 0 Å². The van der Waals surface area contributed by atoms with Crippen LogP contribution in [0.5, 0.6) is 0 Å². The van der Waals surface area contributed by atoms with Crippen LogP contribution < -0.4 is 0 Å². The van der Waals surface area contributed by atoms with Gasteiger partial charge in [0.2, 0.25) is 0 Å². The fraction of sp³-hybridized carbons (Fsp3) is 0.200. The Morgan fingerprint density at radius 3 is 1.00 bits per heavy atom. The lowest BCUT2D eigenvalue weighted by atomic mass is 9.78. The van der Waals surface area contributed by atoms with Gasteiger partial charge in [0.1, 0.15) is 0 Å². The molecule has 0 aliphatic rings. The minimum absolute atomic E-state index is 0.00484. The van der Waals surface area contributed by atoms with Gasteiger partial charge in [0.05, 0.1) is 0 Å². The van der Waals surface area contributed by atoms with E-state index in [4.69, 9.17) is 0 Å². The summed E-state index contributed by atoms with van der Waals surface area (Å²) in [5.41, 5.74) is 5.34. The van der Waals surface area contributed by atoms with Gasteiger partial charge in [0.25, 0.3) is 0 Å². The molecule has 4 aromatic rings. The topological polar surface area (TPSA) is 0 Å². The summed E-state index contributed by atoms with van der Waals surface area (Å²) in [6.45, 7) is 9.16. The van der Waals surface area contributed by atoms with E-state index in [1.54, 1.807) is 0 Å². The molecule has 4 aromatic carbocycles. The maximum absolute atomic E-state index is 2.29. The zero-order valence-electron chi connectivity index (χ0n) is 18.8. The smallest absolute Gasteiger partial charge is 0.0146 e. The van der Waals surface area contributed by atoms with Crippen molar-refractivity contribution in [3.05, 3.63) is 131 Å². The van der Waals surface area contributed by atoms with Crippen LogP contribution in [-0.4, -0.2) is 0 Å². The summed E-state index contributed by atoms with van der Waals surface area (Å²) in [5, 5.41) is 0. The standard InChI is InChI=1S/C30H30S/c1-29(2,23-11-7-5-8-12-23)25-15-19-27(20-16-25)31-28-21-17-26(18-22-28)30(3,4)24-13-9-6-10-14-24/h5-22H,1-4H3. The minimum atomic E-state index is -0.00484. The van der Waals surface area contributed by atoms with Crippen LogP contribution in [0.25, 0.3) is 0 Å². The fourth-order valence-electron chi connectivity index (χ4n) is 4.06. The van der Waals surface area contributed by atoms with Gasteiger partial charge >= 0.3 is 0 Å². The van der Waals surface area contributed by atoms with Crippen LogP contribution in [-0.2, 0) is 10.8 Å². The van der Waals surface area contributed by atoms with Gasteiger partial charge in [-0.15, -0.1) is 0 Å². The van der Waals surface area contributed by atoms with E-state index in [-0.39, 0.29) is 10.8 Å². The van der Waals surface area contributed by atoms with Crippen molar-refractivity contribution in [2.75, 3.05) is 0 Å². The number of rotatable bonds is 6. The highest BCUT2D eigenvalue weighted by Crippen LogP contribution is 2.36. The van der Waals surface area contributed by atoms with Crippen molar-refractivity contribution in [1.29, 1.82) is 0 Å². The zero-order chi connectivity index (χ0) is 21.9. The molecular formula is C30H30S. The molecule has 0 fully saturated rings. The van der Waals surface area contributed by atoms with Crippen LogP contribution in [0.4, 0.5) is 0 Å². The lowest BCUT2D eigenvalue weighted by molar-refractivity contribution is 0.640. The van der Waals surface area contributed by atoms with E-state index >= 15 is 0 Å². The third-order valence-corrected chi connectivity index (χ3v) is 7.39. The monoisotopic (exact) mass is 422 g/mol. The molecule has 0 saturated carbocycles. The number of hydrogen-bond donors (Lipinski definition) is 0. The first-order chi connectivity index (χ1) is 14.9. The van der Waals surface area contributed by atoms with Crippen molar-refractivity contribution in [2.45, 2.75) is 48.3 Å². The lowest BCUT2D eigenvalue weighted by Crippen LogP contribution is -2.18. The predicted molar refractivity (Wildman–Crippen MR) is 134 cm³/mol. The Morgan fingerprint density at radius 2 is 0.677 bits per heavy atom. The van der Waals surface area contributed by atoms with Gasteiger partial charge in [0, 0.05) is 20.6 Å². The molecule has 4 rings (SSSR count). The molecule has 0 aliphatic heterocycles. The molecule has 1 heteroatoms. The third-order valence-electron chi connectivity index (χ3n) is 6.38. The molecule has 0 aliphatic carbocycles. The first-order valence-electron chi connectivity index (χ1n) is 10.9. The van der Waals surface area contributed by atoms with Crippen molar-refractivity contribution in [3.8, 4) is 0 Å². The Morgan fingerprint density at radius 1 is 0.387 bits per heavy atom. The molecule has 0 amide bonds. The van der Waals surface area contributed by atoms with Crippen molar-refractivity contribution in [3.63, 3.8) is 0 Å². The van der Waals surface area contributed by atoms with Crippen molar-refractivity contribution in [2.24, 2.45) is 0 Å². The Hall–Kier alpha value is -2.77. The Labute approximate surface area is 191 Å². The predicted octanol–water partition coefficient (Wildman–Crippen LogP) is 8.49. The van der Waals surface area contributed by atoms with Crippen LogP contribution in [0.2, 0.25) is 0 Å². The molecule has 0 aromatic heterocycles. The van der Waals surface area contributed by atoms with E-state index in [2.05, 4.69) is 137 Å². The molecule has 0 nitrogen and oxygen atoms in total. The van der Waals surface area contributed by atoms with Gasteiger partial charge in [-0.3, -0.25) is 0 Å². The lowest BCUT2D eigenvalue weighted by Gasteiger charge is -2.26. The molecule has 0 bridgehead atoms. The average molecular weight is 423 g/mol. The van der Waals surface area contributed by atoms with Crippen LogP contribution in [0.15, 0.2) is 119 Å². The highest BCUT2D eigenvalue weighted by Gasteiger charge is 2.23. The van der Waals surface area contributed by atoms with Crippen LogP contribution >= 0.6 is 11.8 Å². The zero-order valence-corrected chi connectivity index (χ0v) is 19.6. The summed E-state index contributed by atoms with van der Waals surface area (Å²) in [7, 11) is 0. The molecule has 0 N–H and O–H groups in total. The second-order valence-corrected chi connectivity index (χ2v) is 10.3. The van der Waals surface area contributed by atoms with Crippen LogP contribution in [0.1, 0.15) is 49.9 Å². The fourth-order valence-corrected chi connectivity index (χ4v) is 4.87. The summed E-state index contributed by atoms with van der Waals surface area (Å²) >= 11 is 1.82. The van der Waals surface area contributed by atoms with Gasteiger partial charge in [-0.1, -0.05) is 124 Å². The van der Waals surface area contributed by atoms with Crippen LogP contribution in [0, 0.1) is 0 Å². The second kappa shape index (κ2) is 8.77. The summed E-state index contributed by atoms with van der Waals surface area (Å²) in [4.78, 5) is 2.53. The third kappa shape index (κ3) is 4.62. The van der Waals surface area contributed by atoms with Crippen molar-refractivity contribution >= 4 is 11.8 Å². The van der Waals surface area contributed by atoms with E-state index in [1.165, 1.54) is 32.0 Å². The molecule has 31 heavy (non-hydrogen) atoms. The first kappa shape index (κ1) is 21.5. The van der Waals surface area contributed by atoms with Gasteiger partial charge in [-0.05, 0) is 46.5 Å². The molecular weight excluding hydrogens is 392 g/mol. The molecule has 0 saturated heterocycles. The van der Waals surface area contributed by atoms with E-state index in [9.17, 15) is 0 Å². The summed E-state index contributed by atoms with van der Waals surface area (Å²) in [5.74, 6) is 0. The van der Waals surface area contributed by atoms with Crippen LogP contribution in [0.3, 0.4) is 0 Å². The highest BCUT2D eigenvalue weighted by molar-refractivity contribution is 7.99. The Balaban J connectivity index is 1.49. The molecule has 0 unspecified atom stereocenters. The summed E-state index contributed by atoms with van der Waals surface area (Å²) in [6, 6.07) is 39.5. The maximum atomic E-state index is 2.29. The number of benzene rings is 4. The quantitative estimate of drug-likeness (QED) is 0.300. The van der Waals surface area contributed by atoms with Crippen molar-refractivity contribution in [1.82, 2.24) is 0 Å². The molecule has 0 radical (unpaired) electrons. The maximum Gasteiger partial charge on any atom is 0.0146 e. The first-order valence-corrected chi connectivity index (χ1v) is 11.7. The Bertz CT molecular complexity index is 1010. The normalized spacial score (nSPS) is 12.0. The molecule has 0 atom stereocenters. The SMILES string of the molecule is CC(C)(c1ccccc1)c1ccc(Sc2ccc(C(C)(C)c3ccccc3)cc2)cc1. The summed E-state index contributed by atoms with van der Waals surface area (Å²) < 4.78 is 0. The molecule has 156 valence electrons.